The van der Waals surface area contributed by atoms with Gasteiger partial charge in [-0.3, -0.25) is 5.73 Å². The lowest BCUT2D eigenvalue weighted by molar-refractivity contribution is 0.330. The number of hydrogen-bond acceptors (Lipinski definition) is 1. The van der Waals surface area contributed by atoms with Crippen LogP contribution in [0.15, 0.2) is 0 Å². The maximum absolute atomic E-state index is 7.43. The van der Waals surface area contributed by atoms with E-state index in [9.17, 15) is 0 Å². The highest BCUT2D eigenvalue weighted by Crippen LogP contribution is 2.12. The van der Waals surface area contributed by atoms with Gasteiger partial charge in [-0.05, 0) is 38.8 Å². The van der Waals surface area contributed by atoms with E-state index >= 15 is 0 Å². The molecule has 0 saturated carbocycles. The van der Waals surface area contributed by atoms with E-state index in [0.717, 1.165) is 13.1 Å². The SMILES string of the molecule is CC([NH])C1CCCNC1. The first kappa shape index (κ1) is 7.03. The van der Waals surface area contributed by atoms with Gasteiger partial charge in [0.2, 0.25) is 0 Å². The van der Waals surface area contributed by atoms with E-state index in [1.54, 1.807) is 0 Å². The predicted molar refractivity (Wildman–Crippen MR) is 38.2 cm³/mol. The summed E-state index contributed by atoms with van der Waals surface area (Å²) in [6, 6.07) is 0.123. The first-order chi connectivity index (χ1) is 4.30. The Morgan fingerprint density at radius 1 is 1.67 bits per heavy atom. The average molecular weight is 127 g/mol. The topological polar surface area (TPSA) is 35.8 Å². The summed E-state index contributed by atoms with van der Waals surface area (Å²) in [5, 5.41) is 3.30. The summed E-state index contributed by atoms with van der Waals surface area (Å²) in [4.78, 5) is 0. The maximum atomic E-state index is 7.43. The van der Waals surface area contributed by atoms with Gasteiger partial charge in [0.05, 0.1) is 0 Å². The molecule has 1 saturated heterocycles. The van der Waals surface area contributed by atoms with E-state index in [-0.39, 0.29) is 6.04 Å². The van der Waals surface area contributed by atoms with Gasteiger partial charge in [0, 0.05) is 6.04 Å². The van der Waals surface area contributed by atoms with Gasteiger partial charge in [-0.2, -0.15) is 0 Å². The highest BCUT2D eigenvalue weighted by Gasteiger charge is 2.16. The minimum Gasteiger partial charge on any atom is -0.316 e. The minimum atomic E-state index is 0.123. The third-order valence-corrected chi connectivity index (χ3v) is 2.04. The molecule has 0 bridgehead atoms. The molecule has 9 heavy (non-hydrogen) atoms. The molecule has 2 heteroatoms. The van der Waals surface area contributed by atoms with Crippen molar-refractivity contribution < 1.29 is 0 Å². The molecule has 0 aromatic carbocycles. The van der Waals surface area contributed by atoms with Gasteiger partial charge in [-0.15, -0.1) is 0 Å². The van der Waals surface area contributed by atoms with Crippen molar-refractivity contribution in [2.45, 2.75) is 25.8 Å². The highest BCUT2D eigenvalue weighted by atomic mass is 14.9. The Kier molecular flexibility index (Phi) is 2.49. The van der Waals surface area contributed by atoms with Crippen molar-refractivity contribution >= 4 is 0 Å². The van der Waals surface area contributed by atoms with Crippen LogP contribution < -0.4 is 11.1 Å². The molecule has 1 aliphatic heterocycles. The van der Waals surface area contributed by atoms with E-state index in [0.29, 0.717) is 5.92 Å². The molecule has 2 N–H and O–H groups in total. The molecule has 2 atom stereocenters. The molecular weight excluding hydrogens is 112 g/mol. The van der Waals surface area contributed by atoms with Crippen LogP contribution in [0.3, 0.4) is 0 Å². The van der Waals surface area contributed by atoms with Crippen molar-refractivity contribution in [3.05, 3.63) is 0 Å². The van der Waals surface area contributed by atoms with Crippen molar-refractivity contribution in [1.29, 1.82) is 0 Å². The molecule has 53 valence electrons. The van der Waals surface area contributed by atoms with Gasteiger partial charge < -0.3 is 5.32 Å². The largest absolute Gasteiger partial charge is 0.316 e. The van der Waals surface area contributed by atoms with Gasteiger partial charge in [0.1, 0.15) is 0 Å². The van der Waals surface area contributed by atoms with Gasteiger partial charge in [-0.25, -0.2) is 0 Å². The second-order valence-corrected chi connectivity index (χ2v) is 2.90. The fourth-order valence-corrected chi connectivity index (χ4v) is 1.31. The highest BCUT2D eigenvalue weighted by molar-refractivity contribution is 4.74. The summed E-state index contributed by atoms with van der Waals surface area (Å²) < 4.78 is 0. The molecule has 0 amide bonds. The fraction of sp³-hybridized carbons (Fsp3) is 1.00. The monoisotopic (exact) mass is 127 g/mol. The Labute approximate surface area is 56.8 Å². The zero-order chi connectivity index (χ0) is 6.69. The molecule has 1 radical (unpaired) electrons. The minimum absolute atomic E-state index is 0.123. The fourth-order valence-electron chi connectivity index (χ4n) is 1.31. The molecule has 1 aliphatic rings. The maximum Gasteiger partial charge on any atom is 0.0225 e. The van der Waals surface area contributed by atoms with Crippen molar-refractivity contribution in [3.63, 3.8) is 0 Å². The smallest absolute Gasteiger partial charge is 0.0225 e. The van der Waals surface area contributed by atoms with E-state index < -0.39 is 0 Å². The molecule has 2 unspecified atom stereocenters. The van der Waals surface area contributed by atoms with Crippen LogP contribution in [0, 0.1) is 5.92 Å². The first-order valence-electron chi connectivity index (χ1n) is 3.72. The van der Waals surface area contributed by atoms with Crippen LogP contribution in [-0.2, 0) is 0 Å². The zero-order valence-corrected chi connectivity index (χ0v) is 5.98. The molecule has 0 spiro atoms. The Morgan fingerprint density at radius 3 is 2.78 bits per heavy atom. The molecule has 1 rings (SSSR count). The van der Waals surface area contributed by atoms with Crippen LogP contribution >= 0.6 is 0 Å². The lowest BCUT2D eigenvalue weighted by Gasteiger charge is -2.24. The lowest BCUT2D eigenvalue weighted by atomic mass is 9.94. The molecular formula is C7H15N2. The van der Waals surface area contributed by atoms with Crippen molar-refractivity contribution in [3.8, 4) is 0 Å². The third kappa shape index (κ3) is 1.95. The normalized spacial score (nSPS) is 32.0. The van der Waals surface area contributed by atoms with E-state index in [2.05, 4.69) is 5.32 Å². The van der Waals surface area contributed by atoms with Crippen molar-refractivity contribution in [2.24, 2.45) is 5.92 Å². The summed E-state index contributed by atoms with van der Waals surface area (Å²) in [6.45, 7) is 4.20. The number of rotatable bonds is 1. The van der Waals surface area contributed by atoms with Crippen LogP contribution in [-0.4, -0.2) is 19.1 Å². The third-order valence-electron chi connectivity index (χ3n) is 2.04. The van der Waals surface area contributed by atoms with Gasteiger partial charge in [-0.1, -0.05) is 0 Å². The Balaban J connectivity index is 2.23. The Morgan fingerprint density at radius 2 is 2.44 bits per heavy atom. The van der Waals surface area contributed by atoms with Crippen LogP contribution in [0.4, 0.5) is 0 Å². The molecule has 0 aliphatic carbocycles. The van der Waals surface area contributed by atoms with Gasteiger partial charge in [0.15, 0.2) is 0 Å². The summed E-state index contributed by atoms with van der Waals surface area (Å²) in [6.07, 6.45) is 2.51. The standard InChI is InChI=1S/C7H15N2/c1-6(8)7-3-2-4-9-5-7/h6-9H,2-5H2,1H3. The zero-order valence-electron chi connectivity index (χ0n) is 5.98. The van der Waals surface area contributed by atoms with Crippen molar-refractivity contribution in [2.75, 3.05) is 13.1 Å². The first-order valence-corrected chi connectivity index (χ1v) is 3.72. The van der Waals surface area contributed by atoms with Crippen LogP contribution in [0.25, 0.3) is 0 Å². The molecule has 2 nitrogen and oxygen atoms in total. The van der Waals surface area contributed by atoms with Crippen LogP contribution in [0.5, 0.6) is 0 Å². The number of piperidine rings is 1. The van der Waals surface area contributed by atoms with Crippen molar-refractivity contribution in [1.82, 2.24) is 11.1 Å². The molecule has 1 fully saturated rings. The Hall–Kier alpha value is -0.0800. The second-order valence-electron chi connectivity index (χ2n) is 2.90. The van der Waals surface area contributed by atoms with E-state index in [4.69, 9.17) is 5.73 Å². The summed E-state index contributed by atoms with van der Waals surface area (Å²) in [5.41, 5.74) is 7.43. The molecule has 1 heterocycles. The quantitative estimate of drug-likeness (QED) is 0.551. The van der Waals surface area contributed by atoms with Gasteiger partial charge in [0.25, 0.3) is 0 Å². The Bertz CT molecular complexity index is 75.0. The number of nitrogens with one attached hydrogen (secondary N) is 2. The summed E-state index contributed by atoms with van der Waals surface area (Å²) in [5.74, 6) is 0.610. The predicted octanol–water partition coefficient (Wildman–Crippen LogP) is 0.657. The van der Waals surface area contributed by atoms with E-state index in [1.165, 1.54) is 12.8 Å². The summed E-state index contributed by atoms with van der Waals surface area (Å²) >= 11 is 0. The van der Waals surface area contributed by atoms with Gasteiger partial charge >= 0.3 is 0 Å². The average Bonchev–Trinajstić information content (AvgIpc) is 1.90. The number of hydrogen-bond donors (Lipinski definition) is 1. The van der Waals surface area contributed by atoms with E-state index in [1.807, 2.05) is 6.92 Å². The van der Waals surface area contributed by atoms with Crippen LogP contribution in [0.2, 0.25) is 0 Å². The second kappa shape index (κ2) is 3.18. The lowest BCUT2D eigenvalue weighted by Crippen LogP contribution is -2.35. The van der Waals surface area contributed by atoms with Crippen LogP contribution in [0.1, 0.15) is 19.8 Å². The molecule has 0 aromatic rings. The summed E-state index contributed by atoms with van der Waals surface area (Å²) in [7, 11) is 0. The molecule has 0 aromatic heterocycles.